The Hall–Kier alpha value is -1.43. The standard InChI is InChI=1S/C8H15N5O/c1-6(8(10)14)13-5-7(11-12-13)3-2-4-9/h5-6H,2-4,9H2,1H3,(H2,10,14). The van der Waals surface area contributed by atoms with Gasteiger partial charge in [-0.2, -0.15) is 0 Å². The summed E-state index contributed by atoms with van der Waals surface area (Å²) in [6, 6.07) is -0.450. The number of primary amides is 1. The van der Waals surface area contributed by atoms with Gasteiger partial charge in [0.1, 0.15) is 6.04 Å². The Bertz CT molecular complexity index is 308. The molecular weight excluding hydrogens is 182 g/mol. The van der Waals surface area contributed by atoms with Gasteiger partial charge in [0.25, 0.3) is 0 Å². The number of aryl methyl sites for hydroxylation is 1. The zero-order chi connectivity index (χ0) is 10.6. The van der Waals surface area contributed by atoms with E-state index in [0.29, 0.717) is 6.54 Å². The zero-order valence-electron chi connectivity index (χ0n) is 8.18. The monoisotopic (exact) mass is 197 g/mol. The molecule has 0 aliphatic rings. The van der Waals surface area contributed by atoms with Gasteiger partial charge >= 0.3 is 0 Å². The van der Waals surface area contributed by atoms with Crippen molar-refractivity contribution in [3.05, 3.63) is 11.9 Å². The molecule has 1 amide bonds. The van der Waals surface area contributed by atoms with Crippen LogP contribution in [-0.2, 0) is 11.2 Å². The number of nitrogens with zero attached hydrogens (tertiary/aromatic N) is 3. The maximum atomic E-state index is 10.8. The van der Waals surface area contributed by atoms with E-state index in [4.69, 9.17) is 11.5 Å². The predicted octanol–water partition coefficient (Wildman–Crippen LogP) is -0.784. The molecule has 0 saturated heterocycles. The minimum Gasteiger partial charge on any atom is -0.368 e. The van der Waals surface area contributed by atoms with E-state index in [2.05, 4.69) is 10.3 Å². The van der Waals surface area contributed by atoms with Crippen molar-refractivity contribution in [1.29, 1.82) is 0 Å². The number of hydrogen-bond acceptors (Lipinski definition) is 4. The number of carbonyl (C=O) groups excluding carboxylic acids is 1. The summed E-state index contributed by atoms with van der Waals surface area (Å²) in [4.78, 5) is 10.8. The molecule has 0 spiro atoms. The minimum atomic E-state index is -0.450. The van der Waals surface area contributed by atoms with Crippen molar-refractivity contribution in [3.63, 3.8) is 0 Å². The fourth-order valence-electron chi connectivity index (χ4n) is 1.03. The molecule has 6 nitrogen and oxygen atoms in total. The highest BCUT2D eigenvalue weighted by Gasteiger charge is 2.12. The molecule has 0 saturated carbocycles. The Morgan fingerprint density at radius 2 is 2.43 bits per heavy atom. The van der Waals surface area contributed by atoms with Gasteiger partial charge in [-0.3, -0.25) is 4.79 Å². The third-order valence-electron chi connectivity index (χ3n) is 2.00. The van der Waals surface area contributed by atoms with Crippen molar-refractivity contribution in [2.24, 2.45) is 11.5 Å². The van der Waals surface area contributed by atoms with Crippen molar-refractivity contribution in [2.75, 3.05) is 6.54 Å². The van der Waals surface area contributed by atoms with Gasteiger partial charge < -0.3 is 11.5 Å². The molecular formula is C8H15N5O. The maximum Gasteiger partial charge on any atom is 0.242 e. The lowest BCUT2D eigenvalue weighted by molar-refractivity contribution is -0.120. The van der Waals surface area contributed by atoms with Crippen LogP contribution in [0.1, 0.15) is 25.1 Å². The predicted molar refractivity (Wildman–Crippen MR) is 51.3 cm³/mol. The van der Waals surface area contributed by atoms with Gasteiger partial charge in [-0.25, -0.2) is 4.68 Å². The topological polar surface area (TPSA) is 99.8 Å². The Balaban J connectivity index is 2.63. The summed E-state index contributed by atoms with van der Waals surface area (Å²) in [6.45, 7) is 2.31. The zero-order valence-corrected chi connectivity index (χ0v) is 8.18. The van der Waals surface area contributed by atoms with Gasteiger partial charge in [0, 0.05) is 6.20 Å². The summed E-state index contributed by atoms with van der Waals surface area (Å²) in [6.07, 6.45) is 3.37. The van der Waals surface area contributed by atoms with Crippen LogP contribution in [0.3, 0.4) is 0 Å². The van der Waals surface area contributed by atoms with Gasteiger partial charge in [0.05, 0.1) is 5.69 Å². The Labute approximate surface area is 82.3 Å². The van der Waals surface area contributed by atoms with Crippen LogP contribution in [0.25, 0.3) is 0 Å². The molecule has 1 atom stereocenters. The number of rotatable bonds is 5. The lowest BCUT2D eigenvalue weighted by Crippen LogP contribution is -2.24. The van der Waals surface area contributed by atoms with Gasteiger partial charge in [0.15, 0.2) is 0 Å². The highest BCUT2D eigenvalue weighted by atomic mass is 16.1. The Morgan fingerprint density at radius 3 is 3.00 bits per heavy atom. The third-order valence-corrected chi connectivity index (χ3v) is 2.00. The van der Waals surface area contributed by atoms with E-state index in [-0.39, 0.29) is 0 Å². The summed E-state index contributed by atoms with van der Waals surface area (Å²) < 4.78 is 1.47. The lowest BCUT2D eigenvalue weighted by atomic mass is 10.2. The molecule has 0 aliphatic carbocycles. The van der Waals surface area contributed by atoms with E-state index in [1.807, 2.05) is 0 Å². The molecule has 0 aromatic carbocycles. The van der Waals surface area contributed by atoms with Crippen LogP contribution in [0.2, 0.25) is 0 Å². The van der Waals surface area contributed by atoms with Crippen LogP contribution in [0, 0.1) is 0 Å². The molecule has 1 unspecified atom stereocenters. The number of carbonyl (C=O) groups is 1. The molecule has 6 heteroatoms. The molecule has 1 rings (SSSR count). The first-order chi connectivity index (χ1) is 6.65. The summed E-state index contributed by atoms with van der Waals surface area (Å²) in [7, 11) is 0. The van der Waals surface area contributed by atoms with Gasteiger partial charge in [-0.1, -0.05) is 5.21 Å². The van der Waals surface area contributed by atoms with Gasteiger partial charge in [-0.05, 0) is 26.3 Å². The van der Waals surface area contributed by atoms with E-state index in [1.165, 1.54) is 4.68 Å². The molecule has 0 aliphatic heterocycles. The second-order valence-electron chi connectivity index (χ2n) is 3.16. The largest absolute Gasteiger partial charge is 0.368 e. The Morgan fingerprint density at radius 1 is 1.71 bits per heavy atom. The van der Waals surface area contributed by atoms with E-state index in [1.54, 1.807) is 13.1 Å². The summed E-state index contributed by atoms with van der Waals surface area (Å²) in [5.74, 6) is -0.416. The van der Waals surface area contributed by atoms with E-state index < -0.39 is 11.9 Å². The van der Waals surface area contributed by atoms with E-state index in [9.17, 15) is 4.79 Å². The molecule has 1 heterocycles. The summed E-state index contributed by atoms with van der Waals surface area (Å²) in [5, 5.41) is 7.72. The van der Waals surface area contributed by atoms with Crippen LogP contribution < -0.4 is 11.5 Å². The Kier molecular flexibility index (Phi) is 3.58. The first-order valence-electron chi connectivity index (χ1n) is 4.55. The SMILES string of the molecule is CC(C(N)=O)n1cc(CCCN)nn1. The second-order valence-corrected chi connectivity index (χ2v) is 3.16. The van der Waals surface area contributed by atoms with Crippen LogP contribution in [0.15, 0.2) is 6.20 Å². The average Bonchev–Trinajstić information content (AvgIpc) is 2.61. The molecule has 14 heavy (non-hydrogen) atoms. The third kappa shape index (κ3) is 2.53. The smallest absolute Gasteiger partial charge is 0.242 e. The number of amides is 1. The van der Waals surface area contributed by atoms with Crippen LogP contribution in [-0.4, -0.2) is 27.4 Å². The molecule has 1 aromatic heterocycles. The van der Waals surface area contributed by atoms with E-state index in [0.717, 1.165) is 18.5 Å². The maximum absolute atomic E-state index is 10.8. The van der Waals surface area contributed by atoms with E-state index >= 15 is 0 Å². The highest BCUT2D eigenvalue weighted by Crippen LogP contribution is 2.04. The summed E-state index contributed by atoms with van der Waals surface area (Å²) in [5.41, 5.74) is 11.3. The number of hydrogen-bond donors (Lipinski definition) is 2. The van der Waals surface area contributed by atoms with Crippen LogP contribution in [0.5, 0.6) is 0 Å². The number of aromatic nitrogens is 3. The van der Waals surface area contributed by atoms with Crippen molar-refractivity contribution in [1.82, 2.24) is 15.0 Å². The lowest BCUT2D eigenvalue weighted by Gasteiger charge is -2.04. The average molecular weight is 197 g/mol. The quantitative estimate of drug-likeness (QED) is 0.646. The first-order valence-corrected chi connectivity index (χ1v) is 4.55. The molecule has 1 aromatic rings. The van der Waals surface area contributed by atoms with Crippen molar-refractivity contribution >= 4 is 5.91 Å². The van der Waals surface area contributed by atoms with Crippen molar-refractivity contribution < 1.29 is 4.79 Å². The highest BCUT2D eigenvalue weighted by molar-refractivity contribution is 5.77. The summed E-state index contributed by atoms with van der Waals surface area (Å²) >= 11 is 0. The van der Waals surface area contributed by atoms with Crippen molar-refractivity contribution in [3.8, 4) is 0 Å². The fourth-order valence-corrected chi connectivity index (χ4v) is 1.03. The van der Waals surface area contributed by atoms with Gasteiger partial charge in [0.2, 0.25) is 5.91 Å². The molecule has 0 bridgehead atoms. The molecule has 78 valence electrons. The van der Waals surface area contributed by atoms with Crippen LogP contribution >= 0.6 is 0 Å². The fraction of sp³-hybridized carbons (Fsp3) is 0.625. The van der Waals surface area contributed by atoms with Crippen molar-refractivity contribution in [2.45, 2.75) is 25.8 Å². The molecule has 4 N–H and O–H groups in total. The second kappa shape index (κ2) is 4.71. The minimum absolute atomic E-state index is 0.416. The van der Waals surface area contributed by atoms with Gasteiger partial charge in [-0.15, -0.1) is 5.10 Å². The first kappa shape index (κ1) is 10.6. The molecule has 0 fully saturated rings. The number of nitrogens with two attached hydrogens (primary N) is 2. The normalized spacial score (nSPS) is 12.7. The molecule has 0 radical (unpaired) electrons. The van der Waals surface area contributed by atoms with Crippen LogP contribution in [0.4, 0.5) is 0 Å².